The Bertz CT molecular complexity index is 1130. The Balaban J connectivity index is 1.69. The molecule has 2 aromatic carbocycles. The second-order valence-corrected chi connectivity index (χ2v) is 9.67. The Hall–Kier alpha value is -3.01. The van der Waals surface area contributed by atoms with Gasteiger partial charge in [0.05, 0.1) is 12.5 Å². The smallest absolute Gasteiger partial charge is 0.303 e. The summed E-state index contributed by atoms with van der Waals surface area (Å²) in [5.41, 5.74) is 1.33. The number of hydrogen-bond donors (Lipinski definition) is 1. The number of carbonyl (C=O) groups excluding carboxylic acids is 2. The highest BCUT2D eigenvalue weighted by molar-refractivity contribution is 7.99. The number of carboxylic acids is 1. The first-order chi connectivity index (χ1) is 16.7. The van der Waals surface area contributed by atoms with E-state index in [9.17, 15) is 27.6 Å². The van der Waals surface area contributed by atoms with Gasteiger partial charge in [0.25, 0.3) is 11.7 Å². The van der Waals surface area contributed by atoms with Gasteiger partial charge >= 0.3 is 5.97 Å². The van der Waals surface area contributed by atoms with Crippen LogP contribution in [0.2, 0.25) is 0 Å². The Morgan fingerprint density at radius 3 is 2.40 bits per heavy atom. The van der Waals surface area contributed by atoms with Crippen LogP contribution in [0.4, 0.5) is 18.9 Å². The summed E-state index contributed by atoms with van der Waals surface area (Å²) in [5.74, 6) is -4.90. The van der Waals surface area contributed by atoms with Crippen molar-refractivity contribution in [2.45, 2.75) is 55.3 Å². The number of alkyl halides is 2. The number of aliphatic carboxylic acids is 1. The fraction of sp³-hybridized carbons (Fsp3) is 0.400. The zero-order valence-electron chi connectivity index (χ0n) is 19.0. The second-order valence-electron chi connectivity index (χ2n) is 8.61. The first-order valence-electron chi connectivity index (χ1n) is 11.4. The minimum absolute atomic E-state index is 0.129. The summed E-state index contributed by atoms with van der Waals surface area (Å²) in [6, 6.07) is 9.39. The molecule has 1 N–H and O–H groups in total. The molecule has 10 heteroatoms. The number of nitrogens with zero attached hydrogens (tertiary/aromatic N) is 2. The molecule has 0 saturated heterocycles. The molecule has 1 aliphatic heterocycles. The van der Waals surface area contributed by atoms with Crippen molar-refractivity contribution in [3.63, 3.8) is 0 Å². The van der Waals surface area contributed by atoms with Crippen LogP contribution >= 0.6 is 11.8 Å². The van der Waals surface area contributed by atoms with Crippen LogP contribution in [0.3, 0.4) is 0 Å². The summed E-state index contributed by atoms with van der Waals surface area (Å²) in [4.78, 5) is 41.0. The zero-order valence-corrected chi connectivity index (χ0v) is 19.8. The Morgan fingerprint density at radius 1 is 1.11 bits per heavy atom. The van der Waals surface area contributed by atoms with Crippen LogP contribution in [0.1, 0.15) is 54.6 Å². The molecule has 1 aliphatic carbocycles. The van der Waals surface area contributed by atoms with Crippen molar-refractivity contribution in [2.75, 3.05) is 11.4 Å². The molecule has 0 aromatic heterocycles. The minimum Gasteiger partial charge on any atom is -0.481 e. The van der Waals surface area contributed by atoms with Crippen LogP contribution < -0.4 is 4.90 Å². The number of hydrogen-bond acceptors (Lipinski definition) is 4. The van der Waals surface area contributed by atoms with E-state index in [1.807, 2.05) is 0 Å². The monoisotopic (exact) mass is 506 g/mol. The average molecular weight is 507 g/mol. The third kappa shape index (κ3) is 5.03. The van der Waals surface area contributed by atoms with E-state index in [1.54, 1.807) is 16.7 Å². The molecule has 4 rings (SSSR count). The SMILES string of the molecule is CCN(C(=O)CCC(=O)O)C1c2cc(F)ccc2N(C(=O)c2ccc(SC(F)F)cc2)C2CCC12. The first-order valence-corrected chi connectivity index (χ1v) is 12.3. The van der Waals surface area contributed by atoms with E-state index in [0.29, 0.717) is 46.4 Å². The van der Waals surface area contributed by atoms with Crippen LogP contribution in [0, 0.1) is 11.7 Å². The molecule has 6 nitrogen and oxygen atoms in total. The van der Waals surface area contributed by atoms with Gasteiger partial charge in [-0.25, -0.2) is 4.39 Å². The number of carbonyl (C=O) groups is 3. The highest BCUT2D eigenvalue weighted by Gasteiger charge is 2.51. The minimum atomic E-state index is -2.56. The van der Waals surface area contributed by atoms with Crippen LogP contribution in [0.5, 0.6) is 0 Å². The molecule has 2 amide bonds. The van der Waals surface area contributed by atoms with Gasteiger partial charge in [-0.05, 0) is 62.2 Å². The fourth-order valence-corrected chi connectivity index (χ4v) is 5.55. The third-order valence-corrected chi connectivity index (χ3v) is 7.41. The van der Waals surface area contributed by atoms with Gasteiger partial charge in [-0.3, -0.25) is 14.4 Å². The second kappa shape index (κ2) is 10.3. The third-order valence-electron chi connectivity index (χ3n) is 6.69. The summed E-state index contributed by atoms with van der Waals surface area (Å²) in [6.07, 6.45) is 0.968. The lowest BCUT2D eigenvalue weighted by molar-refractivity contribution is -0.142. The van der Waals surface area contributed by atoms with E-state index in [1.165, 1.54) is 42.5 Å². The Kier molecular flexibility index (Phi) is 7.39. The van der Waals surface area contributed by atoms with Gasteiger partial charge in [0.1, 0.15) is 5.82 Å². The molecule has 35 heavy (non-hydrogen) atoms. The Morgan fingerprint density at radius 2 is 1.83 bits per heavy atom. The molecule has 1 heterocycles. The summed E-state index contributed by atoms with van der Waals surface area (Å²) < 4.78 is 39.7. The molecule has 3 unspecified atom stereocenters. The molecule has 186 valence electrons. The average Bonchev–Trinajstić information content (AvgIpc) is 2.79. The lowest BCUT2D eigenvalue weighted by atomic mass is 9.67. The van der Waals surface area contributed by atoms with E-state index in [-0.39, 0.29) is 36.6 Å². The van der Waals surface area contributed by atoms with Crippen LogP contribution in [0.15, 0.2) is 47.4 Å². The number of anilines is 1. The van der Waals surface area contributed by atoms with Gasteiger partial charge in [0, 0.05) is 46.6 Å². The summed E-state index contributed by atoms with van der Waals surface area (Å²) in [7, 11) is 0. The first kappa shape index (κ1) is 25.1. The Labute approximate surface area is 205 Å². The number of halogens is 3. The molecule has 0 bridgehead atoms. The van der Waals surface area contributed by atoms with E-state index in [4.69, 9.17) is 5.11 Å². The number of fused-ring (bicyclic) bond motifs is 2. The van der Waals surface area contributed by atoms with Crippen molar-refractivity contribution in [1.82, 2.24) is 4.90 Å². The molecule has 1 saturated carbocycles. The van der Waals surface area contributed by atoms with Gasteiger partial charge in [0.2, 0.25) is 5.91 Å². The topological polar surface area (TPSA) is 77.9 Å². The maximum Gasteiger partial charge on any atom is 0.303 e. The fourth-order valence-electron chi connectivity index (χ4n) is 5.05. The number of thioether (sulfide) groups is 1. The van der Waals surface area contributed by atoms with Crippen LogP contribution in [-0.2, 0) is 9.59 Å². The zero-order chi connectivity index (χ0) is 25.3. The van der Waals surface area contributed by atoms with Crippen molar-refractivity contribution in [3.8, 4) is 0 Å². The number of carboxylic acid groups (broad SMARTS) is 1. The van der Waals surface area contributed by atoms with Gasteiger partial charge in [-0.15, -0.1) is 0 Å². The van der Waals surface area contributed by atoms with Gasteiger partial charge in [0.15, 0.2) is 0 Å². The highest BCUT2D eigenvalue weighted by Crippen LogP contribution is 2.52. The molecule has 2 aliphatic rings. The molecular weight excluding hydrogens is 481 g/mol. The van der Waals surface area contributed by atoms with Crippen molar-refractivity contribution in [2.24, 2.45) is 5.92 Å². The normalized spacial score (nSPS) is 20.6. The van der Waals surface area contributed by atoms with Crippen LogP contribution in [-0.4, -0.2) is 46.1 Å². The molecule has 0 spiro atoms. The van der Waals surface area contributed by atoms with E-state index in [2.05, 4.69) is 0 Å². The van der Waals surface area contributed by atoms with Crippen molar-refractivity contribution in [1.29, 1.82) is 0 Å². The highest BCUT2D eigenvalue weighted by atomic mass is 32.2. The van der Waals surface area contributed by atoms with E-state index >= 15 is 0 Å². The quantitative estimate of drug-likeness (QED) is 0.490. The van der Waals surface area contributed by atoms with Gasteiger partial charge < -0.3 is 14.9 Å². The van der Waals surface area contributed by atoms with Gasteiger partial charge in [-0.2, -0.15) is 8.78 Å². The summed E-state index contributed by atoms with van der Waals surface area (Å²) in [6.45, 7) is 2.11. The van der Waals surface area contributed by atoms with Crippen molar-refractivity contribution >= 4 is 35.2 Å². The van der Waals surface area contributed by atoms with Gasteiger partial charge in [-0.1, -0.05) is 11.8 Å². The summed E-state index contributed by atoms with van der Waals surface area (Å²) in [5, 5.41) is 8.99. The molecule has 0 radical (unpaired) electrons. The predicted molar refractivity (Wildman–Crippen MR) is 125 cm³/mol. The predicted octanol–water partition coefficient (Wildman–Crippen LogP) is 5.33. The summed E-state index contributed by atoms with van der Waals surface area (Å²) >= 11 is 0.397. The number of benzene rings is 2. The maximum atomic E-state index is 14.4. The molecule has 1 fully saturated rings. The largest absolute Gasteiger partial charge is 0.481 e. The van der Waals surface area contributed by atoms with Crippen molar-refractivity contribution in [3.05, 3.63) is 59.4 Å². The number of amides is 2. The molecular formula is C25H25F3N2O4S. The lowest BCUT2D eigenvalue weighted by Gasteiger charge is -2.55. The molecule has 2 aromatic rings. The molecule has 3 atom stereocenters. The van der Waals surface area contributed by atoms with E-state index < -0.39 is 23.6 Å². The van der Waals surface area contributed by atoms with E-state index in [0.717, 1.165) is 6.42 Å². The lowest BCUT2D eigenvalue weighted by Crippen LogP contribution is -2.58. The van der Waals surface area contributed by atoms with Crippen LogP contribution in [0.25, 0.3) is 0 Å². The number of rotatable bonds is 8. The standard InChI is InChI=1S/C25H25F3N2O4S/c1-2-29(21(31)11-12-22(32)33)23-17-8-10-19(17)30(20-9-5-15(26)13-18(20)23)24(34)14-3-6-16(7-4-14)35-25(27)28/h3-7,9,13,17,19,23,25H,2,8,10-12H2,1H3,(H,32,33). The van der Waals surface area contributed by atoms with Crippen molar-refractivity contribution < 1.29 is 32.7 Å². The maximum absolute atomic E-state index is 14.4.